The second kappa shape index (κ2) is 4.96. The maximum absolute atomic E-state index is 10.6. The van der Waals surface area contributed by atoms with Gasteiger partial charge in [-0.15, -0.1) is 0 Å². The number of benzene rings is 1. The van der Waals surface area contributed by atoms with Crippen LogP contribution in [0.15, 0.2) is 24.3 Å². The van der Waals surface area contributed by atoms with Gasteiger partial charge in [0.25, 0.3) is 0 Å². The third kappa shape index (κ3) is 3.00. The van der Waals surface area contributed by atoms with Crippen molar-refractivity contribution in [2.24, 2.45) is 0 Å². The Morgan fingerprint density at radius 2 is 2.29 bits per heavy atom. The number of nitro groups is 1. The lowest BCUT2D eigenvalue weighted by molar-refractivity contribution is -0.522. The van der Waals surface area contributed by atoms with Crippen LogP contribution in [-0.4, -0.2) is 11.0 Å². The summed E-state index contributed by atoms with van der Waals surface area (Å²) in [5.41, 5.74) is 0.918. The molecule has 1 aromatic carbocycles. The zero-order chi connectivity index (χ0) is 10.6. The number of halogens is 1. The average molecular weight is 214 g/mol. The molecule has 0 aliphatic heterocycles. The normalized spacial score (nSPS) is 12.4. The molecule has 1 rings (SSSR count). The Morgan fingerprint density at radius 3 is 2.79 bits per heavy atom. The Balaban J connectivity index is 2.72. The first-order valence-corrected chi connectivity index (χ1v) is 4.89. The number of rotatable bonds is 4. The first kappa shape index (κ1) is 11.0. The summed E-state index contributed by atoms with van der Waals surface area (Å²) in [6.45, 7) is 1.82. The molecule has 0 aliphatic carbocycles. The number of nitrogens with zero attached hydrogens (tertiary/aromatic N) is 1. The second-order valence-corrected chi connectivity index (χ2v) is 3.62. The maximum Gasteiger partial charge on any atom is 0.216 e. The fourth-order valence-corrected chi connectivity index (χ4v) is 1.52. The zero-order valence-corrected chi connectivity index (χ0v) is 8.70. The molecule has 14 heavy (non-hydrogen) atoms. The third-order valence-corrected chi connectivity index (χ3v) is 2.36. The Kier molecular flexibility index (Phi) is 3.89. The molecule has 0 saturated carbocycles. The fraction of sp³-hybridized carbons (Fsp3) is 0.400. The molecule has 1 atom stereocenters. The Bertz CT molecular complexity index is 328. The van der Waals surface area contributed by atoms with E-state index in [4.69, 9.17) is 11.6 Å². The Hall–Kier alpha value is -1.09. The van der Waals surface area contributed by atoms with Crippen molar-refractivity contribution in [2.75, 3.05) is 0 Å². The molecule has 0 amide bonds. The minimum atomic E-state index is -0.506. The highest BCUT2D eigenvalue weighted by Gasteiger charge is 2.17. The van der Waals surface area contributed by atoms with Crippen molar-refractivity contribution in [1.82, 2.24) is 0 Å². The zero-order valence-electron chi connectivity index (χ0n) is 7.94. The van der Waals surface area contributed by atoms with E-state index in [1.807, 2.05) is 19.1 Å². The van der Waals surface area contributed by atoms with Crippen molar-refractivity contribution >= 4 is 11.6 Å². The largest absolute Gasteiger partial charge is 0.264 e. The van der Waals surface area contributed by atoms with Gasteiger partial charge in [0.15, 0.2) is 0 Å². The first-order chi connectivity index (χ1) is 6.63. The minimum Gasteiger partial charge on any atom is -0.264 e. The van der Waals surface area contributed by atoms with Gasteiger partial charge in [0.05, 0.1) is 0 Å². The summed E-state index contributed by atoms with van der Waals surface area (Å²) in [5.74, 6) is 0. The van der Waals surface area contributed by atoms with Crippen LogP contribution in [0.25, 0.3) is 0 Å². The van der Waals surface area contributed by atoms with Gasteiger partial charge in [-0.05, 0) is 17.7 Å². The van der Waals surface area contributed by atoms with Gasteiger partial charge < -0.3 is 0 Å². The van der Waals surface area contributed by atoms with E-state index in [0.29, 0.717) is 17.9 Å². The molecule has 0 saturated heterocycles. The lowest BCUT2D eigenvalue weighted by atomic mass is 10.0. The molecule has 0 radical (unpaired) electrons. The molecule has 1 aromatic rings. The van der Waals surface area contributed by atoms with Crippen molar-refractivity contribution in [3.8, 4) is 0 Å². The van der Waals surface area contributed by atoms with E-state index >= 15 is 0 Å². The summed E-state index contributed by atoms with van der Waals surface area (Å²) in [6, 6.07) is 6.70. The molecule has 0 unspecified atom stereocenters. The highest BCUT2D eigenvalue weighted by molar-refractivity contribution is 6.30. The quantitative estimate of drug-likeness (QED) is 0.570. The van der Waals surface area contributed by atoms with Crippen molar-refractivity contribution in [3.63, 3.8) is 0 Å². The van der Waals surface area contributed by atoms with E-state index in [-0.39, 0.29) is 4.92 Å². The van der Waals surface area contributed by atoms with E-state index in [0.717, 1.165) is 5.56 Å². The highest BCUT2D eigenvalue weighted by Crippen LogP contribution is 2.14. The van der Waals surface area contributed by atoms with Gasteiger partial charge in [0.1, 0.15) is 0 Å². The van der Waals surface area contributed by atoms with Crippen LogP contribution >= 0.6 is 11.6 Å². The summed E-state index contributed by atoms with van der Waals surface area (Å²) in [4.78, 5) is 10.4. The summed E-state index contributed by atoms with van der Waals surface area (Å²) < 4.78 is 0. The van der Waals surface area contributed by atoms with Crippen LogP contribution in [0, 0.1) is 10.1 Å². The average Bonchev–Trinajstić information content (AvgIpc) is 2.14. The van der Waals surface area contributed by atoms with Crippen molar-refractivity contribution < 1.29 is 4.92 Å². The summed E-state index contributed by atoms with van der Waals surface area (Å²) in [7, 11) is 0. The molecule has 4 heteroatoms. The lowest BCUT2D eigenvalue weighted by Crippen LogP contribution is -2.20. The van der Waals surface area contributed by atoms with Crippen molar-refractivity contribution in [2.45, 2.75) is 25.8 Å². The predicted molar refractivity (Wildman–Crippen MR) is 56.2 cm³/mol. The topological polar surface area (TPSA) is 43.1 Å². The maximum atomic E-state index is 10.6. The SMILES string of the molecule is CC[C@H](Cc1cccc(Cl)c1)[N+](=O)[O-]. The summed E-state index contributed by atoms with van der Waals surface area (Å²) in [6.07, 6.45) is 0.990. The standard InChI is InChI=1S/C10H12ClNO2/c1-2-10(12(13)14)7-8-4-3-5-9(11)6-8/h3-6,10H,2,7H2,1H3/t10-/m1/s1. The predicted octanol–water partition coefficient (Wildman–Crippen LogP) is 2.94. The Labute approximate surface area is 87.8 Å². The van der Waals surface area contributed by atoms with Crippen LogP contribution in [0.3, 0.4) is 0 Å². The molecule has 0 N–H and O–H groups in total. The van der Waals surface area contributed by atoms with E-state index in [2.05, 4.69) is 0 Å². The molecule has 0 bridgehead atoms. The van der Waals surface area contributed by atoms with Crippen LogP contribution in [0.4, 0.5) is 0 Å². The molecule has 76 valence electrons. The van der Waals surface area contributed by atoms with Crippen molar-refractivity contribution in [3.05, 3.63) is 45.0 Å². The monoisotopic (exact) mass is 213 g/mol. The fourth-order valence-electron chi connectivity index (χ4n) is 1.30. The first-order valence-electron chi connectivity index (χ1n) is 4.51. The van der Waals surface area contributed by atoms with Gasteiger partial charge in [0, 0.05) is 22.8 Å². The van der Waals surface area contributed by atoms with E-state index in [1.165, 1.54) is 0 Å². The molecule has 0 aromatic heterocycles. The van der Waals surface area contributed by atoms with Gasteiger partial charge >= 0.3 is 0 Å². The molecule has 0 aliphatic rings. The van der Waals surface area contributed by atoms with Gasteiger partial charge in [-0.1, -0.05) is 30.7 Å². The Morgan fingerprint density at radius 1 is 1.57 bits per heavy atom. The molecule has 0 fully saturated rings. The minimum absolute atomic E-state index is 0.235. The van der Waals surface area contributed by atoms with Crippen molar-refractivity contribution in [1.29, 1.82) is 0 Å². The van der Waals surface area contributed by atoms with Crippen LogP contribution in [0.5, 0.6) is 0 Å². The molecular formula is C10H12ClNO2. The van der Waals surface area contributed by atoms with Crippen LogP contribution in [-0.2, 0) is 6.42 Å². The van der Waals surface area contributed by atoms with Crippen LogP contribution < -0.4 is 0 Å². The smallest absolute Gasteiger partial charge is 0.216 e. The highest BCUT2D eigenvalue weighted by atomic mass is 35.5. The van der Waals surface area contributed by atoms with E-state index in [1.54, 1.807) is 12.1 Å². The van der Waals surface area contributed by atoms with Gasteiger partial charge in [-0.25, -0.2) is 0 Å². The lowest BCUT2D eigenvalue weighted by Gasteiger charge is -2.06. The number of hydrogen-bond acceptors (Lipinski definition) is 2. The summed E-state index contributed by atoms with van der Waals surface area (Å²) >= 11 is 5.78. The molecule has 0 heterocycles. The van der Waals surface area contributed by atoms with Gasteiger partial charge in [-0.3, -0.25) is 10.1 Å². The molecule has 3 nitrogen and oxygen atoms in total. The second-order valence-electron chi connectivity index (χ2n) is 3.18. The van der Waals surface area contributed by atoms with Gasteiger partial charge in [-0.2, -0.15) is 0 Å². The van der Waals surface area contributed by atoms with E-state index < -0.39 is 6.04 Å². The van der Waals surface area contributed by atoms with Crippen LogP contribution in [0.1, 0.15) is 18.9 Å². The van der Waals surface area contributed by atoms with Gasteiger partial charge in [0.2, 0.25) is 6.04 Å². The third-order valence-electron chi connectivity index (χ3n) is 2.13. The molecular weight excluding hydrogens is 202 g/mol. The van der Waals surface area contributed by atoms with Crippen LogP contribution in [0.2, 0.25) is 5.02 Å². The number of hydrogen-bond donors (Lipinski definition) is 0. The molecule has 0 spiro atoms. The van der Waals surface area contributed by atoms with E-state index in [9.17, 15) is 10.1 Å². The summed E-state index contributed by atoms with van der Waals surface area (Å²) in [5, 5.41) is 11.2.